The van der Waals surface area contributed by atoms with Gasteiger partial charge in [0.15, 0.2) is 0 Å². The molecule has 8 rings (SSSR count). The molecule has 0 spiro atoms. The molecule has 3 aromatic heterocycles. The molecule has 2 atom stereocenters. The molecule has 3 aromatic carbocycles. The molecule has 354 valence electrons. The number of primary amides is 1. The second-order valence-corrected chi connectivity index (χ2v) is 18.4. The van der Waals surface area contributed by atoms with Crippen molar-refractivity contribution in [3.05, 3.63) is 100 Å². The molecule has 5 heterocycles. The van der Waals surface area contributed by atoms with Crippen LogP contribution in [0.4, 0.5) is 0 Å². The second kappa shape index (κ2) is 25.2. The molecule has 0 saturated carbocycles. The monoisotopic (exact) mass is 983 g/mol. The molecular formula is C48H60Cl2KN9O7. The number of likely N-dealkylation sites (N-methyl/N-ethyl adjacent to an activating group) is 2. The number of aromatic nitrogens is 5. The Kier molecular flexibility index (Phi) is 21.0. The molecule has 2 unspecified atom stereocenters. The predicted octanol–water partition coefficient (Wildman–Crippen LogP) is 1.82. The van der Waals surface area contributed by atoms with E-state index < -0.39 is 35.5 Å². The summed E-state index contributed by atoms with van der Waals surface area (Å²) in [6, 6.07) is 18.2. The van der Waals surface area contributed by atoms with Crippen LogP contribution in [0.3, 0.4) is 0 Å². The fraction of sp³-hybridized carbons (Fsp3) is 0.396. The van der Waals surface area contributed by atoms with E-state index in [2.05, 4.69) is 17.0 Å². The summed E-state index contributed by atoms with van der Waals surface area (Å²) in [4.78, 5) is 41.2. The zero-order chi connectivity index (χ0) is 48.5. The molecule has 1 fully saturated rings. The van der Waals surface area contributed by atoms with Crippen LogP contribution in [-0.4, -0.2) is 134 Å². The van der Waals surface area contributed by atoms with E-state index in [1.807, 2.05) is 72.9 Å². The molecular weight excluding hydrogens is 925 g/mol. The number of amides is 3. The van der Waals surface area contributed by atoms with Crippen molar-refractivity contribution in [1.82, 2.24) is 39.2 Å². The van der Waals surface area contributed by atoms with E-state index in [4.69, 9.17) is 38.8 Å². The van der Waals surface area contributed by atoms with E-state index in [-0.39, 0.29) is 75.5 Å². The fourth-order valence-corrected chi connectivity index (χ4v) is 7.83. The van der Waals surface area contributed by atoms with Gasteiger partial charge in [0.1, 0.15) is 5.69 Å². The Morgan fingerprint density at radius 1 is 0.851 bits per heavy atom. The first kappa shape index (κ1) is 55.8. The number of carbonyl (C=O) groups is 3. The van der Waals surface area contributed by atoms with Crippen molar-refractivity contribution in [1.29, 1.82) is 0 Å². The Balaban J connectivity index is 0.000000258. The second-order valence-electron chi connectivity index (χ2n) is 17.6. The van der Waals surface area contributed by atoms with Gasteiger partial charge in [-0.05, 0) is 83.5 Å². The molecule has 19 heteroatoms. The summed E-state index contributed by atoms with van der Waals surface area (Å²) in [7, 11) is 7.53. The van der Waals surface area contributed by atoms with Crippen LogP contribution in [0.2, 0.25) is 10.0 Å². The number of fused-ring (bicyclic) bond motifs is 3. The van der Waals surface area contributed by atoms with Crippen LogP contribution in [0.1, 0.15) is 50.6 Å². The number of para-hydroxylation sites is 1. The van der Waals surface area contributed by atoms with Crippen LogP contribution in [0.5, 0.6) is 0 Å². The molecule has 2 aliphatic rings. The van der Waals surface area contributed by atoms with Crippen LogP contribution in [-0.2, 0) is 38.6 Å². The maximum absolute atomic E-state index is 13.1. The van der Waals surface area contributed by atoms with Gasteiger partial charge in [0.25, 0.3) is 11.8 Å². The minimum absolute atomic E-state index is 0. The zero-order valence-electron chi connectivity index (χ0n) is 39.6. The van der Waals surface area contributed by atoms with Crippen molar-refractivity contribution in [2.24, 2.45) is 5.73 Å². The zero-order valence-corrected chi connectivity index (χ0v) is 44.2. The molecule has 2 aliphatic heterocycles. The van der Waals surface area contributed by atoms with Gasteiger partial charge < -0.3 is 40.2 Å². The van der Waals surface area contributed by atoms with E-state index in [0.29, 0.717) is 57.5 Å². The molecule has 0 radical (unpaired) electrons. The fourth-order valence-electron chi connectivity index (χ4n) is 7.49. The number of ether oxygens (including phenoxy) is 1. The van der Waals surface area contributed by atoms with Crippen molar-refractivity contribution < 1.29 is 85.8 Å². The summed E-state index contributed by atoms with van der Waals surface area (Å²) >= 11 is 12.3. The number of imide groups is 1. The number of aliphatic hydroxyl groups excluding tert-OH is 2. The number of rotatable bonds is 13. The average Bonchev–Trinajstić information content (AvgIpc) is 4.06. The van der Waals surface area contributed by atoms with Crippen molar-refractivity contribution in [3.63, 3.8) is 0 Å². The van der Waals surface area contributed by atoms with Gasteiger partial charge in [-0.15, -0.1) is 5.60 Å². The standard InChI is InChI=1S/C26H24ClN5O3.C14H19ClN4O2.C4H8O.C4H9O.K/c1-4-31-14-19(17-7-5-6-8-20(17)31)22-23(26(35)28-25(22)34)24-18-11-15(27)9-10-21(18)32(29-24)13-16(33)12-30(2)3;1-18(2)7-10(20)8-19-13-4-3-9(15)5-11(13)12(17-19)6-14(16)21;1-2-4-5-3-1;1-4(2,3)5;/h4-11,14,16,33H,1,12-13H2,2-3H3,(H,28,34,35);3-5,10,20H,6-8H2,1-2H3,(H2,16,21);1-4H2;1-3H3;/q;;;-1;+1. The molecule has 5 N–H and O–H groups in total. The first-order chi connectivity index (χ1) is 31.1. The molecule has 6 aromatic rings. The van der Waals surface area contributed by atoms with Crippen LogP contribution in [0, 0.1) is 0 Å². The number of hydrogen-bond acceptors (Lipinski definition) is 11. The third-order valence-corrected chi connectivity index (χ3v) is 10.4. The molecule has 67 heavy (non-hydrogen) atoms. The molecule has 0 bridgehead atoms. The number of halogens is 2. The van der Waals surface area contributed by atoms with Gasteiger partial charge in [0.2, 0.25) is 5.91 Å². The van der Waals surface area contributed by atoms with Crippen LogP contribution in [0.15, 0.2) is 73.4 Å². The minimum Gasteiger partial charge on any atom is -0.850 e. The molecule has 1 saturated heterocycles. The smallest absolute Gasteiger partial charge is 0.850 e. The Labute approximate surface area is 443 Å². The number of nitrogens with two attached hydrogens (primary N) is 1. The predicted molar refractivity (Wildman–Crippen MR) is 260 cm³/mol. The maximum atomic E-state index is 13.1. The summed E-state index contributed by atoms with van der Waals surface area (Å²) in [5.74, 6) is -1.47. The van der Waals surface area contributed by atoms with Crippen LogP contribution < -0.4 is 67.5 Å². The van der Waals surface area contributed by atoms with Gasteiger partial charge in [-0.1, -0.05) is 68.8 Å². The van der Waals surface area contributed by atoms with Crippen molar-refractivity contribution in [3.8, 4) is 0 Å². The summed E-state index contributed by atoms with van der Waals surface area (Å²) in [6.45, 7) is 12.3. The number of benzene rings is 3. The van der Waals surface area contributed by atoms with E-state index in [0.717, 1.165) is 35.0 Å². The summed E-state index contributed by atoms with van der Waals surface area (Å²) < 4.78 is 10.1. The largest absolute Gasteiger partial charge is 1.00 e. The first-order valence-corrected chi connectivity index (χ1v) is 22.3. The molecule has 16 nitrogen and oxygen atoms in total. The maximum Gasteiger partial charge on any atom is 1.00 e. The summed E-state index contributed by atoms with van der Waals surface area (Å²) in [5, 5.41) is 45.5. The molecule has 3 amide bonds. The summed E-state index contributed by atoms with van der Waals surface area (Å²) in [6.07, 6.45) is 4.80. The van der Waals surface area contributed by atoms with Gasteiger partial charge in [0.05, 0.1) is 65.1 Å². The normalized spacial score (nSPS) is 14.6. The third kappa shape index (κ3) is 15.6. The Hall–Kier alpha value is -3.79. The number of carbonyl (C=O) groups excluding carboxylic acids is 3. The van der Waals surface area contributed by atoms with Crippen molar-refractivity contribution in [2.75, 3.05) is 54.5 Å². The van der Waals surface area contributed by atoms with Gasteiger partial charge >= 0.3 is 51.4 Å². The van der Waals surface area contributed by atoms with E-state index >= 15 is 0 Å². The van der Waals surface area contributed by atoms with Crippen molar-refractivity contribution >= 4 is 91.0 Å². The van der Waals surface area contributed by atoms with Gasteiger partial charge in [-0.25, -0.2) is 0 Å². The Morgan fingerprint density at radius 2 is 1.36 bits per heavy atom. The quantitative estimate of drug-likeness (QED) is 0.0970. The first-order valence-electron chi connectivity index (χ1n) is 21.5. The van der Waals surface area contributed by atoms with Crippen LogP contribution >= 0.6 is 23.2 Å². The SMILES string of the molecule is C1CCOC1.C=Cn1cc(C2=C(c3nn(CC(O)CN(C)C)c4ccc(Cl)cc34)C(=O)NC2=O)c2ccccc21.CC(C)(C)[O-].CN(C)CC(O)Cn1nc(CC(N)=O)c2cc(Cl)ccc21.[K+]. The number of nitrogens with one attached hydrogen (secondary N) is 1. The van der Waals surface area contributed by atoms with E-state index in [9.17, 15) is 29.7 Å². The van der Waals surface area contributed by atoms with Crippen molar-refractivity contribution in [2.45, 2.75) is 70.9 Å². The summed E-state index contributed by atoms with van der Waals surface area (Å²) in [5.41, 5.74) is 8.84. The topological polar surface area (TPSA) is 209 Å². The average molecular weight is 985 g/mol. The van der Waals surface area contributed by atoms with E-state index in [1.54, 1.807) is 72.9 Å². The Bertz CT molecular complexity index is 2700. The minimum atomic E-state index is -0.750. The Morgan fingerprint density at radius 3 is 1.87 bits per heavy atom. The number of hydrogen-bond donors (Lipinski definition) is 4. The van der Waals surface area contributed by atoms with Gasteiger partial charge in [-0.2, -0.15) is 10.2 Å². The molecule has 0 aliphatic carbocycles. The number of nitrogens with zero attached hydrogens (tertiary/aromatic N) is 7. The van der Waals surface area contributed by atoms with E-state index in [1.165, 1.54) is 12.8 Å². The van der Waals surface area contributed by atoms with Crippen LogP contribution in [0.25, 0.3) is 50.1 Å². The van der Waals surface area contributed by atoms with Gasteiger partial charge in [-0.3, -0.25) is 29.1 Å². The van der Waals surface area contributed by atoms with Gasteiger partial charge in [0, 0.05) is 70.5 Å². The third-order valence-electron chi connectivity index (χ3n) is 9.96. The number of aliphatic hydroxyl groups is 2.